The van der Waals surface area contributed by atoms with Gasteiger partial charge in [-0.1, -0.05) is 13.8 Å². The average molecular weight is 356 g/mol. The molecule has 7 heteroatoms. The number of rotatable bonds is 10. The van der Waals surface area contributed by atoms with Crippen LogP contribution in [0.1, 0.15) is 37.0 Å². The topological polar surface area (TPSA) is 58.6 Å². The quantitative estimate of drug-likeness (QED) is 0.656. The zero-order valence-electron chi connectivity index (χ0n) is 15.0. The van der Waals surface area contributed by atoms with Crippen molar-refractivity contribution in [3.63, 3.8) is 0 Å². The highest BCUT2D eigenvalue weighted by molar-refractivity contribution is 5.94. The van der Waals surface area contributed by atoms with Crippen molar-refractivity contribution in [3.05, 3.63) is 35.4 Å². The normalized spacial score (nSPS) is 10.8. The molecule has 0 atom stereocenters. The molecular weight excluding hydrogens is 330 g/mol. The van der Waals surface area contributed by atoms with Crippen LogP contribution in [0.3, 0.4) is 0 Å². The molecule has 0 fully saturated rings. The standard InChI is InChI=1S/C18H26F2N2O3/c1-13(2)12-22(9-10-25-3)17(23)5-4-8-21-18(24)15-7-6-14(19)11-16(15)20/h6-7,11,13H,4-5,8-10,12H2,1-3H3,(H,21,24). The van der Waals surface area contributed by atoms with Crippen LogP contribution in [0.25, 0.3) is 0 Å². The summed E-state index contributed by atoms with van der Waals surface area (Å²) < 4.78 is 31.4. The van der Waals surface area contributed by atoms with E-state index < -0.39 is 17.5 Å². The highest BCUT2D eigenvalue weighted by Gasteiger charge is 2.15. The Morgan fingerprint density at radius 2 is 2.00 bits per heavy atom. The maximum atomic E-state index is 13.5. The second kappa shape index (κ2) is 10.8. The minimum Gasteiger partial charge on any atom is -0.383 e. The van der Waals surface area contributed by atoms with E-state index in [2.05, 4.69) is 5.32 Å². The van der Waals surface area contributed by atoms with Gasteiger partial charge in [-0.05, 0) is 24.5 Å². The number of nitrogens with zero attached hydrogens (tertiary/aromatic N) is 1. The van der Waals surface area contributed by atoms with E-state index >= 15 is 0 Å². The molecule has 0 aliphatic heterocycles. The van der Waals surface area contributed by atoms with Gasteiger partial charge in [-0.3, -0.25) is 9.59 Å². The summed E-state index contributed by atoms with van der Waals surface area (Å²) in [5, 5.41) is 2.54. The molecule has 0 aliphatic rings. The van der Waals surface area contributed by atoms with Gasteiger partial charge < -0.3 is 15.0 Å². The first-order valence-corrected chi connectivity index (χ1v) is 8.35. The molecule has 0 aromatic heterocycles. The second-order valence-corrected chi connectivity index (χ2v) is 6.21. The van der Waals surface area contributed by atoms with Gasteiger partial charge in [0.2, 0.25) is 5.91 Å². The molecule has 0 heterocycles. The number of hydrogen-bond acceptors (Lipinski definition) is 3. The van der Waals surface area contributed by atoms with Crippen LogP contribution >= 0.6 is 0 Å². The zero-order valence-corrected chi connectivity index (χ0v) is 15.0. The summed E-state index contributed by atoms with van der Waals surface area (Å²) in [4.78, 5) is 25.8. The predicted molar refractivity (Wildman–Crippen MR) is 91.2 cm³/mol. The van der Waals surface area contributed by atoms with Crippen molar-refractivity contribution in [1.29, 1.82) is 0 Å². The molecule has 140 valence electrons. The van der Waals surface area contributed by atoms with Crippen molar-refractivity contribution < 1.29 is 23.1 Å². The first kappa shape index (κ1) is 21.0. The number of hydrogen-bond donors (Lipinski definition) is 1. The Labute approximate surface area is 147 Å². The fourth-order valence-electron chi connectivity index (χ4n) is 2.33. The Hall–Kier alpha value is -2.02. The molecule has 1 rings (SSSR count). The first-order chi connectivity index (χ1) is 11.8. The molecule has 2 amide bonds. The average Bonchev–Trinajstić information content (AvgIpc) is 2.54. The lowest BCUT2D eigenvalue weighted by molar-refractivity contribution is -0.132. The van der Waals surface area contributed by atoms with E-state index in [1.54, 1.807) is 12.0 Å². The van der Waals surface area contributed by atoms with Crippen LogP contribution in [0, 0.1) is 17.6 Å². The highest BCUT2D eigenvalue weighted by atomic mass is 19.1. The minimum atomic E-state index is -0.906. The number of amides is 2. The van der Waals surface area contributed by atoms with Gasteiger partial charge in [0.1, 0.15) is 11.6 Å². The Morgan fingerprint density at radius 1 is 1.28 bits per heavy atom. The fraction of sp³-hybridized carbons (Fsp3) is 0.556. The van der Waals surface area contributed by atoms with E-state index in [0.717, 1.165) is 12.1 Å². The van der Waals surface area contributed by atoms with Crippen molar-refractivity contribution in [2.45, 2.75) is 26.7 Å². The second-order valence-electron chi connectivity index (χ2n) is 6.21. The Kier molecular flexibility index (Phi) is 9.05. The van der Waals surface area contributed by atoms with Crippen molar-refractivity contribution in [2.24, 2.45) is 5.92 Å². The lowest BCUT2D eigenvalue weighted by atomic mass is 10.1. The summed E-state index contributed by atoms with van der Waals surface area (Å²) in [6, 6.07) is 2.79. The molecule has 0 unspecified atom stereocenters. The monoisotopic (exact) mass is 356 g/mol. The molecule has 1 N–H and O–H groups in total. The maximum absolute atomic E-state index is 13.5. The van der Waals surface area contributed by atoms with Gasteiger partial charge in [-0.25, -0.2) is 8.78 Å². The number of carbonyl (C=O) groups excluding carboxylic acids is 2. The van der Waals surface area contributed by atoms with Crippen LogP contribution in [0.15, 0.2) is 18.2 Å². The molecule has 0 saturated heterocycles. The molecule has 5 nitrogen and oxygen atoms in total. The van der Waals surface area contributed by atoms with Gasteiger partial charge in [0.15, 0.2) is 0 Å². The number of nitrogens with one attached hydrogen (secondary N) is 1. The van der Waals surface area contributed by atoms with Crippen molar-refractivity contribution >= 4 is 11.8 Å². The summed E-state index contributed by atoms with van der Waals surface area (Å²) >= 11 is 0. The van der Waals surface area contributed by atoms with Crippen LogP contribution in [0.2, 0.25) is 0 Å². The van der Waals surface area contributed by atoms with Crippen LogP contribution in [0.5, 0.6) is 0 Å². The van der Waals surface area contributed by atoms with E-state index in [1.165, 1.54) is 0 Å². The largest absolute Gasteiger partial charge is 0.383 e. The molecular formula is C18H26F2N2O3. The molecule has 1 aromatic carbocycles. The summed E-state index contributed by atoms with van der Waals surface area (Å²) in [5.41, 5.74) is -0.214. The van der Waals surface area contributed by atoms with Gasteiger partial charge in [0.25, 0.3) is 5.91 Å². The van der Waals surface area contributed by atoms with E-state index in [0.29, 0.717) is 38.1 Å². The third-order valence-electron chi connectivity index (χ3n) is 3.53. The lowest BCUT2D eigenvalue weighted by Gasteiger charge is -2.24. The maximum Gasteiger partial charge on any atom is 0.254 e. The molecule has 0 bridgehead atoms. The number of ether oxygens (including phenoxy) is 1. The summed E-state index contributed by atoms with van der Waals surface area (Å²) in [5.74, 6) is -1.92. The molecule has 0 saturated carbocycles. The molecule has 1 aromatic rings. The van der Waals surface area contributed by atoms with Crippen LogP contribution in [0.4, 0.5) is 8.78 Å². The Morgan fingerprint density at radius 3 is 2.60 bits per heavy atom. The smallest absolute Gasteiger partial charge is 0.254 e. The van der Waals surface area contributed by atoms with Gasteiger partial charge in [0, 0.05) is 39.2 Å². The summed E-state index contributed by atoms with van der Waals surface area (Å²) in [6.45, 7) is 5.95. The van der Waals surface area contributed by atoms with Crippen molar-refractivity contribution in [1.82, 2.24) is 10.2 Å². The molecule has 0 spiro atoms. The SMILES string of the molecule is COCCN(CC(C)C)C(=O)CCCNC(=O)c1ccc(F)cc1F. The third-order valence-corrected chi connectivity index (χ3v) is 3.53. The highest BCUT2D eigenvalue weighted by Crippen LogP contribution is 2.09. The van der Waals surface area contributed by atoms with Gasteiger partial charge in [0.05, 0.1) is 12.2 Å². The van der Waals surface area contributed by atoms with Crippen molar-refractivity contribution in [3.8, 4) is 0 Å². The van der Waals surface area contributed by atoms with E-state index in [9.17, 15) is 18.4 Å². The number of methoxy groups -OCH3 is 1. The number of halogens is 2. The fourth-order valence-corrected chi connectivity index (χ4v) is 2.33. The predicted octanol–water partition coefficient (Wildman–Crippen LogP) is 2.61. The minimum absolute atomic E-state index is 0.00652. The van der Waals surface area contributed by atoms with E-state index in [1.807, 2.05) is 13.8 Å². The zero-order chi connectivity index (χ0) is 18.8. The Balaban J connectivity index is 2.42. The van der Waals surface area contributed by atoms with E-state index in [4.69, 9.17) is 4.74 Å². The van der Waals surface area contributed by atoms with Crippen LogP contribution < -0.4 is 5.32 Å². The van der Waals surface area contributed by atoms with E-state index in [-0.39, 0.29) is 24.4 Å². The lowest BCUT2D eigenvalue weighted by Crippen LogP contribution is -2.37. The number of benzene rings is 1. The van der Waals surface area contributed by atoms with Gasteiger partial charge in [-0.15, -0.1) is 0 Å². The summed E-state index contributed by atoms with van der Waals surface area (Å²) in [6.07, 6.45) is 0.720. The molecule has 0 aliphatic carbocycles. The first-order valence-electron chi connectivity index (χ1n) is 8.35. The third kappa shape index (κ3) is 7.60. The number of carbonyl (C=O) groups is 2. The van der Waals surface area contributed by atoms with Crippen LogP contribution in [-0.2, 0) is 9.53 Å². The summed E-state index contributed by atoms with van der Waals surface area (Å²) in [7, 11) is 1.59. The molecule has 25 heavy (non-hydrogen) atoms. The van der Waals surface area contributed by atoms with Gasteiger partial charge in [-0.2, -0.15) is 0 Å². The molecule has 0 radical (unpaired) electrons. The van der Waals surface area contributed by atoms with Crippen LogP contribution in [-0.4, -0.2) is 50.1 Å². The van der Waals surface area contributed by atoms with Gasteiger partial charge >= 0.3 is 0 Å². The Bertz CT molecular complexity index is 579. The van der Waals surface area contributed by atoms with Crippen molar-refractivity contribution in [2.75, 3.05) is 33.4 Å².